The highest BCUT2D eigenvalue weighted by atomic mass is 16.2. The maximum absolute atomic E-state index is 12.2. The molecule has 0 aromatic heterocycles. The molecule has 0 saturated heterocycles. The minimum Gasteiger partial charge on any atom is -0.355 e. The van der Waals surface area contributed by atoms with Crippen molar-refractivity contribution in [3.8, 4) is 0 Å². The van der Waals surface area contributed by atoms with E-state index in [1.165, 1.54) is 0 Å². The van der Waals surface area contributed by atoms with Crippen molar-refractivity contribution >= 4 is 23.3 Å². The lowest BCUT2D eigenvalue weighted by Gasteiger charge is -2.07. The molecule has 0 unspecified atom stereocenters. The molecule has 0 heterocycles. The molecule has 25 heavy (non-hydrogen) atoms. The van der Waals surface area contributed by atoms with E-state index in [2.05, 4.69) is 10.6 Å². The molecule has 5 heteroatoms. The van der Waals surface area contributed by atoms with E-state index in [0.717, 1.165) is 11.1 Å². The van der Waals surface area contributed by atoms with Crippen molar-refractivity contribution in [3.63, 3.8) is 0 Å². The summed E-state index contributed by atoms with van der Waals surface area (Å²) in [6.45, 7) is 3.95. The molecule has 0 radical (unpaired) electrons. The fourth-order valence-corrected chi connectivity index (χ4v) is 2.36. The summed E-state index contributed by atoms with van der Waals surface area (Å²) in [5.41, 5.74) is 3.94. The van der Waals surface area contributed by atoms with Gasteiger partial charge in [0.05, 0.1) is 0 Å². The zero-order chi connectivity index (χ0) is 18.4. The molecule has 2 aromatic rings. The number of anilines is 1. The molecule has 2 aromatic carbocycles. The summed E-state index contributed by atoms with van der Waals surface area (Å²) in [4.78, 5) is 35.7. The van der Waals surface area contributed by atoms with Crippen molar-refractivity contribution in [1.82, 2.24) is 5.32 Å². The molecule has 0 aliphatic carbocycles. The van der Waals surface area contributed by atoms with Gasteiger partial charge in [0.1, 0.15) is 0 Å². The van der Waals surface area contributed by atoms with Gasteiger partial charge in [-0.05, 0) is 55.3 Å². The molecular weight excluding hydrogens is 316 g/mol. The highest BCUT2D eigenvalue weighted by Gasteiger charge is 2.11. The van der Waals surface area contributed by atoms with Gasteiger partial charge in [-0.15, -0.1) is 0 Å². The second-order valence-electron chi connectivity index (χ2n) is 5.93. The number of carbonyl (C=O) groups is 3. The lowest BCUT2D eigenvalue weighted by atomic mass is 10.0. The number of rotatable bonds is 6. The second-order valence-corrected chi connectivity index (χ2v) is 5.93. The molecule has 0 aliphatic heterocycles. The Bertz CT molecular complexity index is 795. The van der Waals surface area contributed by atoms with E-state index in [-0.39, 0.29) is 30.4 Å². The van der Waals surface area contributed by atoms with Crippen LogP contribution in [0.25, 0.3) is 0 Å². The van der Waals surface area contributed by atoms with Gasteiger partial charge in [-0.2, -0.15) is 0 Å². The largest absolute Gasteiger partial charge is 0.355 e. The first-order valence-corrected chi connectivity index (χ1v) is 8.13. The predicted molar refractivity (Wildman–Crippen MR) is 97.9 cm³/mol. The fourth-order valence-electron chi connectivity index (χ4n) is 2.36. The maximum Gasteiger partial charge on any atom is 0.251 e. The molecule has 0 fully saturated rings. The number of carbonyl (C=O) groups excluding carboxylic acids is 3. The van der Waals surface area contributed by atoms with Crippen molar-refractivity contribution in [3.05, 3.63) is 64.7 Å². The summed E-state index contributed by atoms with van der Waals surface area (Å²) >= 11 is 0. The molecular formula is C20H22N2O3. The maximum atomic E-state index is 12.2. The minimum atomic E-state index is -0.232. The first-order chi connectivity index (χ1) is 11.9. The van der Waals surface area contributed by atoms with Crippen molar-refractivity contribution in [2.45, 2.75) is 26.7 Å². The monoisotopic (exact) mass is 338 g/mol. The van der Waals surface area contributed by atoms with E-state index in [1.54, 1.807) is 37.4 Å². The predicted octanol–water partition coefficient (Wildman–Crippen LogP) is 3.26. The zero-order valence-corrected chi connectivity index (χ0v) is 14.7. The van der Waals surface area contributed by atoms with Crippen LogP contribution in [0.3, 0.4) is 0 Å². The first kappa shape index (κ1) is 18.4. The highest BCUT2D eigenvalue weighted by Crippen LogP contribution is 2.14. The molecule has 2 rings (SSSR count). The number of hydrogen-bond acceptors (Lipinski definition) is 3. The Hall–Kier alpha value is -2.95. The molecule has 130 valence electrons. The summed E-state index contributed by atoms with van der Waals surface area (Å²) in [7, 11) is 1.56. The summed E-state index contributed by atoms with van der Waals surface area (Å²) < 4.78 is 0. The Labute approximate surface area is 147 Å². The molecule has 5 nitrogen and oxygen atoms in total. The molecule has 0 spiro atoms. The van der Waals surface area contributed by atoms with Crippen LogP contribution < -0.4 is 10.6 Å². The molecule has 0 aliphatic rings. The topological polar surface area (TPSA) is 75.3 Å². The van der Waals surface area contributed by atoms with Crippen LogP contribution in [0.1, 0.15) is 44.7 Å². The van der Waals surface area contributed by atoms with Crippen molar-refractivity contribution in [1.29, 1.82) is 0 Å². The van der Waals surface area contributed by atoms with Gasteiger partial charge in [-0.25, -0.2) is 0 Å². The Morgan fingerprint density at radius 2 is 1.48 bits per heavy atom. The Kier molecular flexibility index (Phi) is 6.06. The van der Waals surface area contributed by atoms with Gasteiger partial charge in [-0.1, -0.05) is 12.1 Å². The lowest BCUT2D eigenvalue weighted by Crippen LogP contribution is -2.18. The molecule has 0 atom stereocenters. The van der Waals surface area contributed by atoms with Crippen LogP contribution in [-0.4, -0.2) is 24.6 Å². The summed E-state index contributed by atoms with van der Waals surface area (Å²) in [6, 6.07) is 12.1. The van der Waals surface area contributed by atoms with E-state index >= 15 is 0 Å². The van der Waals surface area contributed by atoms with Gasteiger partial charge < -0.3 is 10.6 Å². The third-order valence-electron chi connectivity index (χ3n) is 4.07. The zero-order valence-electron chi connectivity index (χ0n) is 14.7. The van der Waals surface area contributed by atoms with Crippen LogP contribution in [-0.2, 0) is 4.79 Å². The minimum absolute atomic E-state index is 0.0479. The van der Waals surface area contributed by atoms with Crippen LogP contribution in [0.5, 0.6) is 0 Å². The third-order valence-corrected chi connectivity index (χ3v) is 4.07. The van der Waals surface area contributed by atoms with Crippen LogP contribution in [0.4, 0.5) is 5.69 Å². The van der Waals surface area contributed by atoms with Crippen LogP contribution >= 0.6 is 0 Å². The van der Waals surface area contributed by atoms with Crippen LogP contribution in [0, 0.1) is 13.8 Å². The SMILES string of the molecule is CNC(=O)c1ccc(NC(=O)CCC(=O)c2ccc(C)c(C)c2)cc1. The van der Waals surface area contributed by atoms with Crippen LogP contribution in [0.2, 0.25) is 0 Å². The average molecular weight is 338 g/mol. The molecule has 2 N–H and O–H groups in total. The second kappa shape index (κ2) is 8.24. The summed E-state index contributed by atoms with van der Waals surface area (Å²) in [5, 5.41) is 5.26. The van der Waals surface area contributed by atoms with Gasteiger partial charge in [0, 0.05) is 36.7 Å². The normalized spacial score (nSPS) is 10.2. The van der Waals surface area contributed by atoms with Gasteiger partial charge >= 0.3 is 0 Å². The van der Waals surface area contributed by atoms with E-state index in [9.17, 15) is 14.4 Å². The van der Waals surface area contributed by atoms with Gasteiger partial charge in [0.25, 0.3) is 5.91 Å². The van der Waals surface area contributed by atoms with Gasteiger partial charge in [0.2, 0.25) is 5.91 Å². The Morgan fingerprint density at radius 3 is 2.08 bits per heavy atom. The number of ketones is 1. The lowest BCUT2D eigenvalue weighted by molar-refractivity contribution is -0.116. The quantitative estimate of drug-likeness (QED) is 0.794. The van der Waals surface area contributed by atoms with E-state index < -0.39 is 0 Å². The first-order valence-electron chi connectivity index (χ1n) is 8.13. The number of benzene rings is 2. The number of nitrogens with one attached hydrogen (secondary N) is 2. The third kappa shape index (κ3) is 5.01. The number of amides is 2. The fraction of sp³-hybridized carbons (Fsp3) is 0.250. The van der Waals surface area contributed by atoms with Crippen molar-refractivity contribution in [2.24, 2.45) is 0 Å². The van der Waals surface area contributed by atoms with E-state index in [4.69, 9.17) is 0 Å². The summed E-state index contributed by atoms with van der Waals surface area (Å²) in [5.74, 6) is -0.463. The summed E-state index contributed by atoms with van der Waals surface area (Å²) in [6.07, 6.45) is 0.271. The van der Waals surface area contributed by atoms with Gasteiger partial charge in [-0.3, -0.25) is 14.4 Å². The molecule has 2 amide bonds. The van der Waals surface area contributed by atoms with E-state index in [0.29, 0.717) is 16.8 Å². The number of Topliss-reactive ketones (excluding diaryl/α,β-unsaturated/α-hetero) is 1. The standard InChI is InChI=1S/C20H22N2O3/c1-13-4-5-16(12-14(13)2)18(23)10-11-19(24)22-17-8-6-15(7-9-17)20(25)21-3/h4-9,12H,10-11H2,1-3H3,(H,21,25)(H,22,24). The highest BCUT2D eigenvalue weighted by molar-refractivity contribution is 6.00. The van der Waals surface area contributed by atoms with Crippen LogP contribution in [0.15, 0.2) is 42.5 Å². The number of aryl methyl sites for hydroxylation is 2. The average Bonchev–Trinajstić information content (AvgIpc) is 2.62. The Balaban J connectivity index is 1.88. The molecule has 0 bridgehead atoms. The van der Waals surface area contributed by atoms with Crippen molar-refractivity contribution in [2.75, 3.05) is 12.4 Å². The number of hydrogen-bond donors (Lipinski definition) is 2. The Morgan fingerprint density at radius 1 is 0.840 bits per heavy atom. The van der Waals surface area contributed by atoms with E-state index in [1.807, 2.05) is 26.0 Å². The molecule has 0 saturated carbocycles. The van der Waals surface area contributed by atoms with Gasteiger partial charge in [0.15, 0.2) is 5.78 Å². The van der Waals surface area contributed by atoms with Crippen molar-refractivity contribution < 1.29 is 14.4 Å². The smallest absolute Gasteiger partial charge is 0.251 e.